The second-order valence-electron chi connectivity index (χ2n) is 2.88. The molecule has 1 aromatic carbocycles. The lowest BCUT2D eigenvalue weighted by atomic mass is 10.3. The number of guanidine groups is 1. The van der Waals surface area contributed by atoms with Gasteiger partial charge in [-0.1, -0.05) is 0 Å². The van der Waals surface area contributed by atoms with Crippen molar-refractivity contribution >= 4 is 12.2 Å². The van der Waals surface area contributed by atoms with E-state index in [1.54, 1.807) is 36.9 Å². The average Bonchev–Trinajstić information content (AvgIpc) is 2.38. The van der Waals surface area contributed by atoms with Crippen molar-refractivity contribution in [3.8, 4) is 11.5 Å². The van der Waals surface area contributed by atoms with Crippen LogP contribution in [0.15, 0.2) is 34.5 Å². The van der Waals surface area contributed by atoms with Gasteiger partial charge in [-0.15, -0.1) is 5.10 Å². The Bertz CT molecular complexity index is 389. The molecule has 4 N–H and O–H groups in total. The van der Waals surface area contributed by atoms with Crippen molar-refractivity contribution in [3.05, 3.63) is 24.3 Å². The smallest absolute Gasteiger partial charge is 0.237 e. The predicted octanol–water partition coefficient (Wildman–Crippen LogP) is 0.353. The Morgan fingerprint density at radius 2 is 2.06 bits per heavy atom. The Hall–Kier alpha value is -2.28. The van der Waals surface area contributed by atoms with Crippen LogP contribution in [0.5, 0.6) is 11.5 Å². The standard InChI is InChI=1S/C10H14N4O3/c1-16-8-2-4-9(5-3-8)17-7-6-12-13-10(11)14-15/h2-6,15H,7H2,1H3,(H3,11,13,14)/b12-6-. The maximum absolute atomic E-state index is 8.30. The van der Waals surface area contributed by atoms with E-state index in [2.05, 4.69) is 10.2 Å². The van der Waals surface area contributed by atoms with Crippen molar-refractivity contribution in [2.24, 2.45) is 15.9 Å². The number of rotatable bonds is 5. The third-order valence-corrected chi connectivity index (χ3v) is 1.75. The molecule has 0 saturated heterocycles. The minimum atomic E-state index is -0.189. The van der Waals surface area contributed by atoms with Crippen molar-refractivity contribution in [1.82, 2.24) is 5.48 Å². The summed E-state index contributed by atoms with van der Waals surface area (Å²) in [5.41, 5.74) is 6.76. The van der Waals surface area contributed by atoms with Crippen LogP contribution >= 0.6 is 0 Å². The van der Waals surface area contributed by atoms with Gasteiger partial charge in [-0.2, -0.15) is 5.10 Å². The van der Waals surface area contributed by atoms with Gasteiger partial charge in [0, 0.05) is 0 Å². The highest BCUT2D eigenvalue weighted by Gasteiger charge is 1.93. The van der Waals surface area contributed by atoms with Gasteiger partial charge in [0.05, 0.1) is 13.3 Å². The van der Waals surface area contributed by atoms with E-state index >= 15 is 0 Å². The van der Waals surface area contributed by atoms with E-state index in [9.17, 15) is 0 Å². The highest BCUT2D eigenvalue weighted by atomic mass is 16.5. The van der Waals surface area contributed by atoms with Crippen LogP contribution in [0.3, 0.4) is 0 Å². The van der Waals surface area contributed by atoms with Crippen molar-refractivity contribution in [2.45, 2.75) is 0 Å². The third kappa shape index (κ3) is 4.85. The monoisotopic (exact) mass is 238 g/mol. The maximum atomic E-state index is 8.30. The average molecular weight is 238 g/mol. The van der Waals surface area contributed by atoms with Crippen LogP contribution in [0, 0.1) is 0 Å². The molecule has 0 aliphatic carbocycles. The second-order valence-corrected chi connectivity index (χ2v) is 2.88. The third-order valence-electron chi connectivity index (χ3n) is 1.75. The molecule has 0 unspecified atom stereocenters. The number of methoxy groups -OCH3 is 1. The van der Waals surface area contributed by atoms with E-state index in [4.69, 9.17) is 20.4 Å². The lowest BCUT2D eigenvalue weighted by molar-refractivity contribution is 0.232. The van der Waals surface area contributed by atoms with Gasteiger partial charge in [-0.3, -0.25) is 5.21 Å². The lowest BCUT2D eigenvalue weighted by Crippen LogP contribution is -2.27. The second kappa shape index (κ2) is 7.07. The molecule has 7 heteroatoms. The van der Waals surface area contributed by atoms with Gasteiger partial charge in [-0.25, -0.2) is 5.48 Å². The van der Waals surface area contributed by atoms with Gasteiger partial charge < -0.3 is 15.2 Å². The molecule has 0 heterocycles. The largest absolute Gasteiger partial charge is 0.497 e. The summed E-state index contributed by atoms with van der Waals surface area (Å²) in [4.78, 5) is 0. The first-order chi connectivity index (χ1) is 8.26. The summed E-state index contributed by atoms with van der Waals surface area (Å²) in [5, 5.41) is 15.3. The molecule has 1 rings (SSSR count). The van der Waals surface area contributed by atoms with Crippen LogP contribution in [0.1, 0.15) is 0 Å². The Labute approximate surface area is 98.5 Å². The molecule has 0 atom stereocenters. The molecule has 1 aromatic rings. The Morgan fingerprint density at radius 3 is 2.65 bits per heavy atom. The molecule has 17 heavy (non-hydrogen) atoms. The molecule has 0 radical (unpaired) electrons. The normalized spacial score (nSPS) is 11.5. The Balaban J connectivity index is 2.35. The van der Waals surface area contributed by atoms with Crippen LogP contribution in [0.4, 0.5) is 0 Å². The van der Waals surface area contributed by atoms with Gasteiger partial charge in [0.25, 0.3) is 0 Å². The van der Waals surface area contributed by atoms with Gasteiger partial charge in [-0.05, 0) is 24.3 Å². The molecule has 0 amide bonds. The SMILES string of the molecule is COc1ccc(OC/C=N\N=C(N)NO)cc1. The zero-order chi connectivity index (χ0) is 12.5. The summed E-state index contributed by atoms with van der Waals surface area (Å²) in [7, 11) is 1.60. The number of benzene rings is 1. The molecule has 0 bridgehead atoms. The van der Waals surface area contributed by atoms with Crippen LogP contribution in [0.25, 0.3) is 0 Å². The molecular formula is C10H14N4O3. The lowest BCUT2D eigenvalue weighted by Gasteiger charge is -2.03. The van der Waals surface area contributed by atoms with E-state index in [1.165, 1.54) is 6.21 Å². The minimum Gasteiger partial charge on any atom is -0.497 e. The number of hydroxylamine groups is 1. The van der Waals surface area contributed by atoms with Crippen LogP contribution in [0.2, 0.25) is 0 Å². The van der Waals surface area contributed by atoms with E-state index in [-0.39, 0.29) is 12.6 Å². The van der Waals surface area contributed by atoms with Crippen molar-refractivity contribution in [3.63, 3.8) is 0 Å². The van der Waals surface area contributed by atoms with Gasteiger partial charge in [0.1, 0.15) is 18.1 Å². The molecule has 0 aliphatic heterocycles. The summed E-state index contributed by atoms with van der Waals surface area (Å²) >= 11 is 0. The molecular weight excluding hydrogens is 224 g/mol. The van der Waals surface area contributed by atoms with Crippen molar-refractivity contribution in [1.29, 1.82) is 0 Å². The summed E-state index contributed by atoms with van der Waals surface area (Å²) in [6, 6.07) is 7.13. The molecule has 0 spiro atoms. The number of hydrogen-bond donors (Lipinski definition) is 3. The van der Waals surface area contributed by atoms with Crippen LogP contribution in [-0.4, -0.2) is 31.1 Å². The molecule has 0 aliphatic rings. The highest BCUT2D eigenvalue weighted by molar-refractivity contribution is 5.77. The maximum Gasteiger partial charge on any atom is 0.237 e. The first-order valence-electron chi connectivity index (χ1n) is 4.78. The Morgan fingerprint density at radius 1 is 1.41 bits per heavy atom. The van der Waals surface area contributed by atoms with Crippen molar-refractivity contribution in [2.75, 3.05) is 13.7 Å². The molecule has 92 valence electrons. The summed E-state index contributed by atoms with van der Waals surface area (Å²) < 4.78 is 10.3. The number of hydrogen-bond acceptors (Lipinski definition) is 5. The zero-order valence-electron chi connectivity index (χ0n) is 9.33. The Kier molecular flexibility index (Phi) is 5.32. The summed E-state index contributed by atoms with van der Waals surface area (Å²) in [6.45, 7) is 0.245. The number of nitrogens with two attached hydrogens (primary N) is 1. The van der Waals surface area contributed by atoms with Gasteiger partial charge in [0.15, 0.2) is 0 Å². The molecule has 0 saturated carbocycles. The molecule has 7 nitrogen and oxygen atoms in total. The summed E-state index contributed by atoms with van der Waals surface area (Å²) in [5.74, 6) is 1.26. The predicted molar refractivity (Wildman–Crippen MR) is 63.5 cm³/mol. The van der Waals surface area contributed by atoms with Gasteiger partial charge in [0.2, 0.25) is 5.96 Å². The minimum absolute atomic E-state index is 0.189. The summed E-state index contributed by atoms with van der Waals surface area (Å²) in [6.07, 6.45) is 1.41. The van der Waals surface area contributed by atoms with E-state index in [1.807, 2.05) is 0 Å². The zero-order valence-corrected chi connectivity index (χ0v) is 9.33. The fourth-order valence-electron chi connectivity index (χ4n) is 0.964. The molecule has 0 aromatic heterocycles. The number of nitrogens with zero attached hydrogens (tertiary/aromatic N) is 2. The highest BCUT2D eigenvalue weighted by Crippen LogP contribution is 2.16. The van der Waals surface area contributed by atoms with Crippen molar-refractivity contribution < 1.29 is 14.7 Å². The van der Waals surface area contributed by atoms with Gasteiger partial charge >= 0.3 is 0 Å². The van der Waals surface area contributed by atoms with E-state index < -0.39 is 0 Å². The van der Waals surface area contributed by atoms with E-state index in [0.29, 0.717) is 5.75 Å². The van der Waals surface area contributed by atoms with Crippen LogP contribution < -0.4 is 20.7 Å². The number of ether oxygens (including phenoxy) is 2. The quantitative estimate of drug-likeness (QED) is 0.390. The number of nitrogens with one attached hydrogen (secondary N) is 1. The fraction of sp³-hybridized carbons (Fsp3) is 0.200. The fourth-order valence-corrected chi connectivity index (χ4v) is 0.964. The first-order valence-corrected chi connectivity index (χ1v) is 4.78. The topological polar surface area (TPSA) is 101 Å². The van der Waals surface area contributed by atoms with E-state index in [0.717, 1.165) is 5.75 Å². The first kappa shape index (κ1) is 12.8. The van der Waals surface area contributed by atoms with Crippen LogP contribution in [-0.2, 0) is 0 Å². The molecule has 0 fully saturated rings.